The lowest BCUT2D eigenvalue weighted by molar-refractivity contribution is -0.140. The monoisotopic (exact) mass is 291 g/mol. The summed E-state index contributed by atoms with van der Waals surface area (Å²) in [6.45, 7) is 1.29. The maximum atomic E-state index is 11.0. The fraction of sp³-hybridized carbons (Fsp3) is 0.231. The number of nitrogens with one attached hydrogen (secondary N) is 1. The quantitative estimate of drug-likeness (QED) is 0.807. The molecule has 0 spiro atoms. The zero-order valence-electron chi connectivity index (χ0n) is 10.7. The first-order valence-corrected chi connectivity index (χ1v) is 6.89. The number of rotatable bonds is 5. The summed E-state index contributed by atoms with van der Waals surface area (Å²) >= 11 is 1.24. The highest BCUT2D eigenvalue weighted by molar-refractivity contribution is 7.99. The molecule has 7 heteroatoms. The van der Waals surface area contributed by atoms with Crippen LogP contribution in [0.5, 0.6) is 0 Å². The molecule has 2 N–H and O–H groups in total. The molecule has 0 bridgehead atoms. The van der Waals surface area contributed by atoms with Gasteiger partial charge in [0.2, 0.25) is 5.91 Å². The molecule has 6 nitrogen and oxygen atoms in total. The highest BCUT2D eigenvalue weighted by Crippen LogP contribution is 2.18. The predicted molar refractivity (Wildman–Crippen MR) is 75.5 cm³/mol. The number of hydrogen-bond donors (Lipinski definition) is 2. The van der Waals surface area contributed by atoms with E-state index in [4.69, 9.17) is 5.11 Å². The van der Waals surface area contributed by atoms with Crippen molar-refractivity contribution in [3.63, 3.8) is 0 Å². The Labute approximate surface area is 119 Å². The molecular weight excluding hydrogens is 278 g/mol. The lowest BCUT2D eigenvalue weighted by Crippen LogP contribution is -2.41. The van der Waals surface area contributed by atoms with E-state index < -0.39 is 12.0 Å². The molecule has 0 fully saturated rings. The van der Waals surface area contributed by atoms with Crippen molar-refractivity contribution >= 4 is 34.7 Å². The number of carboxylic acids is 1. The fourth-order valence-corrected chi connectivity index (χ4v) is 2.45. The van der Waals surface area contributed by atoms with E-state index in [0.717, 1.165) is 11.0 Å². The minimum Gasteiger partial charge on any atom is -0.480 e. The number of thioether (sulfide) groups is 1. The zero-order valence-corrected chi connectivity index (χ0v) is 11.6. The fourth-order valence-electron chi connectivity index (χ4n) is 1.60. The summed E-state index contributed by atoms with van der Waals surface area (Å²) in [5.74, 6) is -1.24. The molecule has 1 aromatic carbocycles. The Kier molecular flexibility index (Phi) is 4.52. The number of aliphatic carboxylic acids is 1. The third-order valence-electron chi connectivity index (χ3n) is 2.50. The Morgan fingerprint density at radius 1 is 1.35 bits per heavy atom. The largest absolute Gasteiger partial charge is 0.480 e. The molecule has 0 saturated heterocycles. The number of aromatic nitrogens is 2. The Hall–Kier alpha value is -2.15. The minimum atomic E-state index is -1.07. The van der Waals surface area contributed by atoms with E-state index in [9.17, 15) is 9.59 Å². The lowest BCUT2D eigenvalue weighted by atomic mass is 10.3. The third kappa shape index (κ3) is 3.67. The molecule has 1 atom stereocenters. The van der Waals surface area contributed by atoms with Crippen molar-refractivity contribution in [3.05, 3.63) is 30.5 Å². The molecule has 104 valence electrons. The highest BCUT2D eigenvalue weighted by Gasteiger charge is 2.18. The van der Waals surface area contributed by atoms with Gasteiger partial charge in [0.1, 0.15) is 11.1 Å². The van der Waals surface area contributed by atoms with Gasteiger partial charge in [0.05, 0.1) is 17.2 Å². The molecule has 1 unspecified atom stereocenters. The van der Waals surface area contributed by atoms with Gasteiger partial charge in [-0.1, -0.05) is 12.1 Å². The molecule has 1 amide bonds. The van der Waals surface area contributed by atoms with Crippen LogP contribution in [0.4, 0.5) is 0 Å². The van der Waals surface area contributed by atoms with Crippen molar-refractivity contribution in [1.29, 1.82) is 0 Å². The standard InChI is InChI=1S/C13H13N3O3S/c1-8(17)15-11(13(18)19)7-20-12-6-14-9-4-2-3-5-10(9)16-12/h2-6,11H,7H2,1H3,(H,15,17)(H,18,19). The Morgan fingerprint density at radius 3 is 2.70 bits per heavy atom. The van der Waals surface area contributed by atoms with Crippen molar-refractivity contribution in [2.75, 3.05) is 5.75 Å². The molecular formula is C13H13N3O3S. The molecule has 0 aliphatic rings. The molecule has 0 radical (unpaired) electrons. The molecule has 1 aromatic heterocycles. The Balaban J connectivity index is 2.07. The number of carbonyl (C=O) groups is 2. The van der Waals surface area contributed by atoms with Gasteiger partial charge in [0.25, 0.3) is 0 Å². The maximum Gasteiger partial charge on any atom is 0.327 e. The number of carbonyl (C=O) groups excluding carboxylic acids is 1. The summed E-state index contributed by atoms with van der Waals surface area (Å²) in [6.07, 6.45) is 1.60. The highest BCUT2D eigenvalue weighted by atomic mass is 32.2. The van der Waals surface area contributed by atoms with Crippen LogP contribution in [0.2, 0.25) is 0 Å². The van der Waals surface area contributed by atoms with Crippen molar-refractivity contribution < 1.29 is 14.7 Å². The Bertz CT molecular complexity index is 648. The average molecular weight is 291 g/mol. The number of hydrogen-bond acceptors (Lipinski definition) is 5. The smallest absolute Gasteiger partial charge is 0.327 e. The summed E-state index contributed by atoms with van der Waals surface area (Å²) in [6, 6.07) is 6.50. The van der Waals surface area contributed by atoms with Crippen LogP contribution in [0.3, 0.4) is 0 Å². The zero-order chi connectivity index (χ0) is 14.5. The van der Waals surface area contributed by atoms with Crippen LogP contribution in [-0.4, -0.2) is 38.7 Å². The third-order valence-corrected chi connectivity index (χ3v) is 3.49. The molecule has 0 saturated carbocycles. The molecule has 0 aliphatic carbocycles. The average Bonchev–Trinajstić information content (AvgIpc) is 2.42. The Morgan fingerprint density at radius 2 is 2.05 bits per heavy atom. The summed E-state index contributed by atoms with van der Waals surface area (Å²) < 4.78 is 0. The molecule has 0 aliphatic heterocycles. The van der Waals surface area contributed by atoms with Crippen molar-refractivity contribution in [2.24, 2.45) is 0 Å². The second-order valence-corrected chi connectivity index (χ2v) is 5.14. The normalized spacial score (nSPS) is 12.1. The van der Waals surface area contributed by atoms with Crippen LogP contribution < -0.4 is 5.32 Å². The van der Waals surface area contributed by atoms with Gasteiger partial charge < -0.3 is 10.4 Å². The minimum absolute atomic E-state index is 0.196. The molecule has 1 heterocycles. The van der Waals surface area contributed by atoms with Gasteiger partial charge in [0.15, 0.2) is 0 Å². The number of fused-ring (bicyclic) bond motifs is 1. The van der Waals surface area contributed by atoms with Gasteiger partial charge in [-0.05, 0) is 12.1 Å². The SMILES string of the molecule is CC(=O)NC(CSc1cnc2ccccc2n1)C(=O)O. The van der Waals surface area contributed by atoms with Crippen LogP contribution >= 0.6 is 11.8 Å². The second kappa shape index (κ2) is 6.33. The van der Waals surface area contributed by atoms with Gasteiger partial charge in [-0.25, -0.2) is 9.78 Å². The van der Waals surface area contributed by atoms with E-state index in [1.807, 2.05) is 24.3 Å². The van der Waals surface area contributed by atoms with E-state index >= 15 is 0 Å². The number of carboxylic acid groups (broad SMARTS) is 1. The van der Waals surface area contributed by atoms with E-state index in [-0.39, 0.29) is 11.7 Å². The van der Waals surface area contributed by atoms with Gasteiger partial charge in [0, 0.05) is 12.7 Å². The molecule has 2 aromatic rings. The molecule has 20 heavy (non-hydrogen) atoms. The van der Waals surface area contributed by atoms with E-state index in [2.05, 4.69) is 15.3 Å². The van der Waals surface area contributed by atoms with Crippen LogP contribution in [0.1, 0.15) is 6.92 Å². The number of amides is 1. The van der Waals surface area contributed by atoms with E-state index in [1.165, 1.54) is 18.7 Å². The second-order valence-electron chi connectivity index (χ2n) is 4.10. The lowest BCUT2D eigenvalue weighted by Gasteiger charge is -2.12. The van der Waals surface area contributed by atoms with Gasteiger partial charge in [-0.15, -0.1) is 11.8 Å². The molecule has 2 rings (SSSR count). The maximum absolute atomic E-state index is 11.0. The van der Waals surface area contributed by atoms with Crippen LogP contribution in [0.15, 0.2) is 35.5 Å². The van der Waals surface area contributed by atoms with Crippen LogP contribution in [0, 0.1) is 0 Å². The first-order chi connectivity index (χ1) is 9.56. The first kappa shape index (κ1) is 14.3. The summed E-state index contributed by atoms with van der Waals surface area (Å²) in [4.78, 5) is 30.6. The van der Waals surface area contributed by atoms with Crippen molar-refractivity contribution in [2.45, 2.75) is 18.0 Å². The van der Waals surface area contributed by atoms with E-state index in [0.29, 0.717) is 5.03 Å². The topological polar surface area (TPSA) is 92.2 Å². The van der Waals surface area contributed by atoms with E-state index in [1.54, 1.807) is 6.20 Å². The van der Waals surface area contributed by atoms with Crippen molar-refractivity contribution in [1.82, 2.24) is 15.3 Å². The summed E-state index contributed by atoms with van der Waals surface area (Å²) in [5, 5.41) is 12.0. The van der Waals surface area contributed by atoms with Gasteiger partial charge in [-0.3, -0.25) is 9.78 Å². The number of nitrogens with zero attached hydrogens (tertiary/aromatic N) is 2. The summed E-state index contributed by atoms with van der Waals surface area (Å²) in [5.41, 5.74) is 1.54. The summed E-state index contributed by atoms with van der Waals surface area (Å²) in [7, 11) is 0. The van der Waals surface area contributed by atoms with Gasteiger partial charge in [-0.2, -0.15) is 0 Å². The predicted octanol–water partition coefficient (Wildman–Crippen LogP) is 1.31. The number of para-hydroxylation sites is 2. The van der Waals surface area contributed by atoms with Crippen molar-refractivity contribution in [3.8, 4) is 0 Å². The van der Waals surface area contributed by atoms with Gasteiger partial charge >= 0.3 is 5.97 Å². The van der Waals surface area contributed by atoms with Crippen LogP contribution in [-0.2, 0) is 9.59 Å². The number of benzene rings is 1. The van der Waals surface area contributed by atoms with Crippen LogP contribution in [0.25, 0.3) is 11.0 Å². The first-order valence-electron chi connectivity index (χ1n) is 5.91.